The first-order valence-electron chi connectivity index (χ1n) is 8.75. The smallest absolute Gasteiger partial charge is 0.387 e. The summed E-state index contributed by atoms with van der Waals surface area (Å²) in [4.78, 5) is 14.5. The molecule has 6 heteroatoms. The molecular weight excluding hydrogens is 352 g/mol. The number of para-hydroxylation sites is 1. The summed E-state index contributed by atoms with van der Waals surface area (Å²) in [5.74, 6) is -0.0551. The number of hydrogen-bond acceptors (Lipinski definition) is 3. The fraction of sp³-hybridized carbons (Fsp3) is 0.286. The van der Waals surface area contributed by atoms with Crippen LogP contribution in [0, 0.1) is 0 Å². The third kappa shape index (κ3) is 4.45. The predicted molar refractivity (Wildman–Crippen MR) is 98.8 cm³/mol. The maximum absolute atomic E-state index is 12.7. The number of carbonyl (C=O) groups is 1. The van der Waals surface area contributed by atoms with Crippen molar-refractivity contribution in [2.24, 2.45) is 0 Å². The van der Waals surface area contributed by atoms with Gasteiger partial charge in [-0.25, -0.2) is 0 Å². The lowest BCUT2D eigenvalue weighted by Crippen LogP contribution is -2.28. The fourth-order valence-corrected chi connectivity index (χ4v) is 3.35. The van der Waals surface area contributed by atoms with Crippen LogP contribution in [0.1, 0.15) is 30.0 Å². The normalized spacial score (nSPS) is 16.9. The highest BCUT2D eigenvalue weighted by Gasteiger charge is 2.28. The van der Waals surface area contributed by atoms with Crippen LogP contribution in [0.2, 0.25) is 0 Å². The quantitative estimate of drug-likeness (QED) is 0.691. The maximum atomic E-state index is 12.7. The Bertz CT molecular complexity index is 808. The van der Waals surface area contributed by atoms with Gasteiger partial charge in [0.25, 0.3) is 0 Å². The summed E-state index contributed by atoms with van der Waals surface area (Å²) in [5, 5.41) is 0. The van der Waals surface area contributed by atoms with Gasteiger partial charge >= 0.3 is 6.61 Å². The fourth-order valence-electron chi connectivity index (χ4n) is 3.35. The Morgan fingerprint density at radius 2 is 1.96 bits per heavy atom. The van der Waals surface area contributed by atoms with Gasteiger partial charge in [-0.05, 0) is 30.5 Å². The van der Waals surface area contributed by atoms with E-state index in [0.717, 1.165) is 18.4 Å². The highest BCUT2D eigenvalue weighted by atomic mass is 19.3. The minimum Gasteiger partial charge on any atom is -0.493 e. The lowest BCUT2D eigenvalue weighted by molar-refractivity contribution is -0.126. The first-order valence-corrected chi connectivity index (χ1v) is 8.75. The number of carbonyl (C=O) groups excluding carboxylic acids is 1. The molecule has 0 aromatic heterocycles. The van der Waals surface area contributed by atoms with E-state index in [9.17, 15) is 13.6 Å². The van der Waals surface area contributed by atoms with Crippen LogP contribution >= 0.6 is 0 Å². The number of halogens is 2. The van der Waals surface area contributed by atoms with E-state index in [-0.39, 0.29) is 23.4 Å². The summed E-state index contributed by atoms with van der Waals surface area (Å²) >= 11 is 0. The van der Waals surface area contributed by atoms with Gasteiger partial charge in [-0.3, -0.25) is 4.79 Å². The Morgan fingerprint density at radius 1 is 1.19 bits per heavy atom. The van der Waals surface area contributed by atoms with Crippen LogP contribution in [0.5, 0.6) is 11.5 Å². The van der Waals surface area contributed by atoms with Crippen molar-refractivity contribution in [3.05, 3.63) is 65.7 Å². The molecular formula is C21H21F2NO3. The van der Waals surface area contributed by atoms with Gasteiger partial charge < -0.3 is 14.4 Å². The standard InChI is InChI=1S/C21H21F2NO3/c1-26-18-11-5-9-16(20(18)27-21(22)23)12-13-19(25)24-14-6-10-17(24)15-7-3-2-4-8-15/h2-5,7-9,11-13,17,21H,6,10,14H2,1H3. The highest BCUT2D eigenvalue weighted by Crippen LogP contribution is 2.34. The Kier molecular flexibility index (Phi) is 6.06. The second-order valence-corrected chi connectivity index (χ2v) is 6.19. The van der Waals surface area contributed by atoms with Crippen molar-refractivity contribution < 1.29 is 23.0 Å². The largest absolute Gasteiger partial charge is 0.493 e. The lowest BCUT2D eigenvalue weighted by Gasteiger charge is -2.23. The topological polar surface area (TPSA) is 38.8 Å². The van der Waals surface area contributed by atoms with Crippen molar-refractivity contribution in [3.63, 3.8) is 0 Å². The predicted octanol–water partition coefficient (Wildman–Crippen LogP) is 4.67. The number of benzene rings is 2. The van der Waals surface area contributed by atoms with E-state index in [1.807, 2.05) is 30.3 Å². The molecule has 1 heterocycles. The van der Waals surface area contributed by atoms with Crippen molar-refractivity contribution in [3.8, 4) is 11.5 Å². The SMILES string of the molecule is COc1cccc(C=CC(=O)N2CCCC2c2ccccc2)c1OC(F)F. The molecule has 0 saturated carbocycles. The van der Waals surface area contributed by atoms with E-state index in [1.54, 1.807) is 17.0 Å². The summed E-state index contributed by atoms with van der Waals surface area (Å²) in [6.45, 7) is -2.31. The lowest BCUT2D eigenvalue weighted by atomic mass is 10.0. The van der Waals surface area contributed by atoms with Crippen molar-refractivity contribution in [2.75, 3.05) is 13.7 Å². The number of ether oxygens (including phenoxy) is 2. The van der Waals surface area contributed by atoms with Crippen LogP contribution in [0.3, 0.4) is 0 Å². The second-order valence-electron chi connectivity index (χ2n) is 6.19. The highest BCUT2D eigenvalue weighted by molar-refractivity contribution is 5.92. The molecule has 2 aromatic carbocycles. The summed E-state index contributed by atoms with van der Waals surface area (Å²) in [6, 6.07) is 14.7. The zero-order chi connectivity index (χ0) is 19.2. The van der Waals surface area contributed by atoms with Crippen LogP contribution in [-0.4, -0.2) is 31.1 Å². The van der Waals surface area contributed by atoms with E-state index in [0.29, 0.717) is 12.1 Å². The number of rotatable bonds is 6. The number of alkyl halides is 2. The van der Waals surface area contributed by atoms with E-state index in [1.165, 1.54) is 25.3 Å². The molecule has 3 rings (SSSR count). The third-order valence-corrected chi connectivity index (χ3v) is 4.56. The van der Waals surface area contributed by atoms with Gasteiger partial charge in [0.2, 0.25) is 5.91 Å². The molecule has 2 aromatic rings. The summed E-state index contributed by atoms with van der Waals surface area (Å²) < 4.78 is 35.1. The third-order valence-electron chi connectivity index (χ3n) is 4.56. The van der Waals surface area contributed by atoms with Crippen molar-refractivity contribution in [1.29, 1.82) is 0 Å². The van der Waals surface area contributed by atoms with Crippen LogP contribution in [0.15, 0.2) is 54.6 Å². The number of likely N-dealkylation sites (tertiary alicyclic amines) is 1. The number of methoxy groups -OCH3 is 1. The second kappa shape index (κ2) is 8.66. The Hall–Kier alpha value is -2.89. The van der Waals surface area contributed by atoms with Gasteiger partial charge in [-0.1, -0.05) is 42.5 Å². The van der Waals surface area contributed by atoms with Crippen LogP contribution in [-0.2, 0) is 4.79 Å². The zero-order valence-electron chi connectivity index (χ0n) is 15.0. The maximum Gasteiger partial charge on any atom is 0.387 e. The van der Waals surface area contributed by atoms with E-state index in [2.05, 4.69) is 4.74 Å². The molecule has 1 atom stereocenters. The van der Waals surface area contributed by atoms with E-state index >= 15 is 0 Å². The summed E-state index contributed by atoms with van der Waals surface area (Å²) in [6.07, 6.45) is 4.72. The molecule has 1 amide bonds. The average Bonchev–Trinajstić information content (AvgIpc) is 3.17. The van der Waals surface area contributed by atoms with Gasteiger partial charge in [0.1, 0.15) is 0 Å². The van der Waals surface area contributed by atoms with Gasteiger partial charge in [-0.15, -0.1) is 0 Å². The van der Waals surface area contributed by atoms with Crippen LogP contribution in [0.4, 0.5) is 8.78 Å². The molecule has 1 saturated heterocycles. The summed E-state index contributed by atoms with van der Waals surface area (Å²) in [5.41, 5.74) is 1.46. The van der Waals surface area contributed by atoms with E-state index < -0.39 is 6.61 Å². The van der Waals surface area contributed by atoms with Crippen molar-refractivity contribution in [1.82, 2.24) is 4.90 Å². The minimum absolute atomic E-state index is 0.0328. The number of amides is 1. The molecule has 0 N–H and O–H groups in total. The Balaban J connectivity index is 1.80. The van der Waals surface area contributed by atoms with Crippen molar-refractivity contribution >= 4 is 12.0 Å². The molecule has 1 fully saturated rings. The van der Waals surface area contributed by atoms with Gasteiger partial charge in [-0.2, -0.15) is 8.78 Å². The molecule has 0 aliphatic carbocycles. The average molecular weight is 373 g/mol. The molecule has 0 bridgehead atoms. The van der Waals surface area contributed by atoms with Crippen LogP contribution < -0.4 is 9.47 Å². The number of nitrogens with zero attached hydrogens (tertiary/aromatic N) is 1. The van der Waals surface area contributed by atoms with Crippen molar-refractivity contribution in [2.45, 2.75) is 25.5 Å². The molecule has 142 valence electrons. The monoisotopic (exact) mass is 373 g/mol. The molecule has 4 nitrogen and oxygen atoms in total. The molecule has 0 spiro atoms. The first-order chi connectivity index (χ1) is 13.1. The Labute approximate surface area is 157 Å². The first kappa shape index (κ1) is 18.9. The van der Waals surface area contributed by atoms with E-state index in [4.69, 9.17) is 4.74 Å². The minimum atomic E-state index is -2.98. The van der Waals surface area contributed by atoms with Gasteiger partial charge in [0, 0.05) is 18.2 Å². The molecule has 0 radical (unpaired) electrons. The number of hydrogen-bond donors (Lipinski definition) is 0. The Morgan fingerprint density at radius 3 is 2.67 bits per heavy atom. The molecule has 1 aliphatic rings. The van der Waals surface area contributed by atoms with Crippen LogP contribution in [0.25, 0.3) is 6.08 Å². The van der Waals surface area contributed by atoms with Gasteiger partial charge in [0.05, 0.1) is 13.2 Å². The van der Waals surface area contributed by atoms with Gasteiger partial charge in [0.15, 0.2) is 11.5 Å². The summed E-state index contributed by atoms with van der Waals surface area (Å²) in [7, 11) is 1.38. The molecule has 27 heavy (non-hydrogen) atoms. The molecule has 1 aliphatic heterocycles. The molecule has 1 unspecified atom stereocenters. The zero-order valence-corrected chi connectivity index (χ0v) is 15.0.